The second-order valence-corrected chi connectivity index (χ2v) is 6.80. The van der Waals surface area contributed by atoms with Gasteiger partial charge in [0.25, 0.3) is 0 Å². The predicted octanol–water partition coefficient (Wildman–Crippen LogP) is -0.370. The Kier molecular flexibility index (Phi) is 4.32. The second-order valence-electron chi connectivity index (χ2n) is 4.57. The summed E-state index contributed by atoms with van der Waals surface area (Å²) in [6, 6.07) is -0.411. The number of hydrogen-bond acceptors (Lipinski definition) is 4. The summed E-state index contributed by atoms with van der Waals surface area (Å²) in [6.07, 6.45) is 1.51. The van der Waals surface area contributed by atoms with E-state index >= 15 is 0 Å². The van der Waals surface area contributed by atoms with Crippen molar-refractivity contribution in [3.8, 4) is 0 Å². The molecule has 0 aliphatic carbocycles. The molecule has 1 rings (SSSR count). The number of sulfone groups is 1. The van der Waals surface area contributed by atoms with Crippen molar-refractivity contribution in [1.82, 2.24) is 10.2 Å². The lowest BCUT2D eigenvalue weighted by molar-refractivity contribution is -0.130. The van der Waals surface area contributed by atoms with E-state index in [0.29, 0.717) is 6.42 Å². The zero-order valence-corrected chi connectivity index (χ0v) is 10.9. The third kappa shape index (κ3) is 3.75. The summed E-state index contributed by atoms with van der Waals surface area (Å²) in [7, 11) is 0.474. The number of hydrogen-bond donors (Lipinski definition) is 1. The Hall–Kier alpha value is -0.620. The molecule has 1 heterocycles. The van der Waals surface area contributed by atoms with Gasteiger partial charge in [-0.05, 0) is 19.8 Å². The lowest BCUT2D eigenvalue weighted by Crippen LogP contribution is -2.49. The highest BCUT2D eigenvalue weighted by Gasteiger charge is 2.27. The van der Waals surface area contributed by atoms with Gasteiger partial charge in [0.15, 0.2) is 9.84 Å². The molecule has 16 heavy (non-hydrogen) atoms. The summed E-state index contributed by atoms with van der Waals surface area (Å²) in [6.45, 7) is 1.77. The fraction of sp³-hybridized carbons (Fsp3) is 0.900. The van der Waals surface area contributed by atoms with Crippen LogP contribution in [0, 0.1) is 0 Å². The highest BCUT2D eigenvalue weighted by atomic mass is 32.2. The minimum atomic E-state index is -2.91. The van der Waals surface area contributed by atoms with E-state index in [1.807, 2.05) is 0 Å². The molecule has 94 valence electrons. The van der Waals surface area contributed by atoms with Gasteiger partial charge in [0.1, 0.15) is 0 Å². The van der Waals surface area contributed by atoms with Crippen LogP contribution in [0.4, 0.5) is 0 Å². The normalized spacial score (nSPS) is 26.1. The lowest BCUT2D eigenvalue weighted by atomic mass is 10.1. The maximum Gasteiger partial charge on any atom is 0.238 e. The number of nitrogens with zero attached hydrogens (tertiary/aromatic N) is 1. The highest BCUT2D eigenvalue weighted by Crippen LogP contribution is 2.12. The van der Waals surface area contributed by atoms with Crippen LogP contribution in [0.2, 0.25) is 0 Å². The van der Waals surface area contributed by atoms with E-state index in [1.165, 1.54) is 4.90 Å². The van der Waals surface area contributed by atoms with Crippen LogP contribution in [0.25, 0.3) is 0 Å². The number of carbonyl (C=O) groups excluding carboxylic acids is 1. The number of rotatable bonds is 3. The van der Waals surface area contributed by atoms with Gasteiger partial charge in [0, 0.05) is 20.1 Å². The van der Waals surface area contributed by atoms with E-state index < -0.39 is 9.84 Å². The molecule has 0 radical (unpaired) electrons. The molecule has 5 nitrogen and oxygen atoms in total. The lowest BCUT2D eigenvalue weighted by Gasteiger charge is -2.27. The summed E-state index contributed by atoms with van der Waals surface area (Å²) >= 11 is 0. The van der Waals surface area contributed by atoms with Crippen molar-refractivity contribution in [3.05, 3.63) is 0 Å². The largest absolute Gasteiger partial charge is 0.347 e. The van der Waals surface area contributed by atoms with Gasteiger partial charge in [0.05, 0.1) is 17.5 Å². The van der Waals surface area contributed by atoms with Crippen molar-refractivity contribution in [2.45, 2.75) is 31.8 Å². The van der Waals surface area contributed by atoms with Crippen molar-refractivity contribution >= 4 is 15.7 Å². The number of amides is 1. The van der Waals surface area contributed by atoms with Crippen molar-refractivity contribution < 1.29 is 13.2 Å². The Bertz CT molecular complexity index is 351. The summed E-state index contributed by atoms with van der Waals surface area (Å²) in [5.41, 5.74) is 0. The van der Waals surface area contributed by atoms with Crippen LogP contribution in [0.15, 0.2) is 0 Å². The maximum atomic E-state index is 11.6. The van der Waals surface area contributed by atoms with Crippen LogP contribution >= 0.6 is 0 Å². The first-order valence-electron chi connectivity index (χ1n) is 5.49. The average molecular weight is 248 g/mol. The Morgan fingerprint density at radius 3 is 2.56 bits per heavy atom. The van der Waals surface area contributed by atoms with Crippen molar-refractivity contribution in [3.63, 3.8) is 0 Å². The summed E-state index contributed by atoms with van der Waals surface area (Å²) in [5, 5.41) is 3.09. The molecule has 0 saturated carbocycles. The maximum absolute atomic E-state index is 11.6. The fourth-order valence-electron chi connectivity index (χ4n) is 1.97. The average Bonchev–Trinajstić information content (AvgIpc) is 2.14. The molecule has 0 aromatic carbocycles. The van der Waals surface area contributed by atoms with E-state index in [4.69, 9.17) is 0 Å². The molecule has 0 spiro atoms. The zero-order chi connectivity index (χ0) is 12.3. The Morgan fingerprint density at radius 2 is 2.06 bits per heavy atom. The standard InChI is InChI=1S/C10H20N2O3S/c1-8(10(13)12(2)3)11-9-5-4-6-16(14,15)7-9/h8-9,11H,4-7H2,1-3H3. The topological polar surface area (TPSA) is 66.5 Å². The molecule has 2 unspecified atom stereocenters. The molecule has 0 bridgehead atoms. The molecule has 1 N–H and O–H groups in total. The molecule has 1 saturated heterocycles. The van der Waals surface area contributed by atoms with Gasteiger partial charge in [-0.1, -0.05) is 0 Å². The Labute approximate surface area is 97.1 Å². The smallest absolute Gasteiger partial charge is 0.238 e. The molecule has 0 aromatic rings. The fourth-order valence-corrected chi connectivity index (χ4v) is 3.62. The van der Waals surface area contributed by atoms with Crippen molar-refractivity contribution in [2.75, 3.05) is 25.6 Å². The number of nitrogens with one attached hydrogen (secondary N) is 1. The van der Waals surface area contributed by atoms with Gasteiger partial charge in [-0.2, -0.15) is 0 Å². The highest BCUT2D eigenvalue weighted by molar-refractivity contribution is 7.91. The quantitative estimate of drug-likeness (QED) is 0.740. The first kappa shape index (κ1) is 13.4. The summed E-state index contributed by atoms with van der Waals surface area (Å²) in [4.78, 5) is 13.1. The minimum absolute atomic E-state index is 0.0250. The number of likely N-dealkylation sites (N-methyl/N-ethyl adjacent to an activating group) is 1. The van der Waals surface area contributed by atoms with Gasteiger partial charge >= 0.3 is 0 Å². The third-order valence-corrected chi connectivity index (χ3v) is 4.58. The monoisotopic (exact) mass is 248 g/mol. The second kappa shape index (κ2) is 5.14. The Morgan fingerprint density at radius 1 is 1.44 bits per heavy atom. The van der Waals surface area contributed by atoms with Gasteiger partial charge in [-0.25, -0.2) is 8.42 Å². The first-order chi connectivity index (χ1) is 7.32. The van der Waals surface area contributed by atoms with E-state index in [1.54, 1.807) is 21.0 Å². The van der Waals surface area contributed by atoms with E-state index in [2.05, 4.69) is 5.32 Å². The van der Waals surface area contributed by atoms with Crippen molar-refractivity contribution in [2.24, 2.45) is 0 Å². The molecule has 1 aliphatic heterocycles. The van der Waals surface area contributed by atoms with E-state index in [9.17, 15) is 13.2 Å². The molecular formula is C10H20N2O3S. The molecule has 1 amide bonds. The van der Waals surface area contributed by atoms with E-state index in [-0.39, 0.29) is 29.5 Å². The predicted molar refractivity (Wildman–Crippen MR) is 63.0 cm³/mol. The molecule has 2 atom stereocenters. The number of carbonyl (C=O) groups is 1. The van der Waals surface area contributed by atoms with Gasteiger partial charge in [-0.15, -0.1) is 0 Å². The zero-order valence-electron chi connectivity index (χ0n) is 10.1. The van der Waals surface area contributed by atoms with Crippen LogP contribution in [-0.2, 0) is 14.6 Å². The third-order valence-electron chi connectivity index (χ3n) is 2.76. The molecule has 1 fully saturated rings. The van der Waals surface area contributed by atoms with Crippen LogP contribution in [0.1, 0.15) is 19.8 Å². The van der Waals surface area contributed by atoms with Crippen LogP contribution < -0.4 is 5.32 Å². The van der Waals surface area contributed by atoms with Gasteiger partial charge in [0.2, 0.25) is 5.91 Å². The van der Waals surface area contributed by atoms with E-state index in [0.717, 1.165) is 6.42 Å². The van der Waals surface area contributed by atoms with Crippen molar-refractivity contribution in [1.29, 1.82) is 0 Å². The Balaban J connectivity index is 2.51. The SMILES string of the molecule is CC(NC1CCCS(=O)(=O)C1)C(=O)N(C)C. The molecular weight excluding hydrogens is 228 g/mol. The van der Waals surface area contributed by atoms with Gasteiger partial charge < -0.3 is 10.2 Å². The van der Waals surface area contributed by atoms with Crippen LogP contribution in [-0.4, -0.2) is 56.9 Å². The summed E-state index contributed by atoms with van der Waals surface area (Å²) < 4.78 is 22.8. The van der Waals surface area contributed by atoms with Crippen LogP contribution in [0.5, 0.6) is 0 Å². The minimum Gasteiger partial charge on any atom is -0.347 e. The van der Waals surface area contributed by atoms with Gasteiger partial charge in [-0.3, -0.25) is 4.79 Å². The molecule has 0 aromatic heterocycles. The first-order valence-corrected chi connectivity index (χ1v) is 7.31. The molecule has 1 aliphatic rings. The molecule has 6 heteroatoms. The summed E-state index contributed by atoms with van der Waals surface area (Å²) in [5.74, 6) is 0.405. The van der Waals surface area contributed by atoms with Crippen LogP contribution in [0.3, 0.4) is 0 Å².